The summed E-state index contributed by atoms with van der Waals surface area (Å²) in [5.41, 5.74) is 2.19. The van der Waals surface area contributed by atoms with Crippen LogP contribution in [0.1, 0.15) is 19.4 Å². The van der Waals surface area contributed by atoms with E-state index in [1.54, 1.807) is 45.6 Å². The Morgan fingerprint density at radius 1 is 1.15 bits per heavy atom. The molecule has 0 fully saturated rings. The van der Waals surface area contributed by atoms with Crippen molar-refractivity contribution < 1.29 is 9.59 Å². The second-order valence-corrected chi connectivity index (χ2v) is 9.24. The molecule has 0 saturated carbocycles. The van der Waals surface area contributed by atoms with Gasteiger partial charge in [0, 0.05) is 35.5 Å². The molecular weight excluding hydrogens is 476 g/mol. The normalized spacial score (nSPS) is 14.7. The van der Waals surface area contributed by atoms with Crippen LogP contribution in [0.2, 0.25) is 5.02 Å². The van der Waals surface area contributed by atoms with Gasteiger partial charge in [0.15, 0.2) is 10.8 Å². The van der Waals surface area contributed by atoms with E-state index in [2.05, 4.69) is 20.7 Å². The fourth-order valence-electron chi connectivity index (χ4n) is 3.84. The van der Waals surface area contributed by atoms with E-state index in [4.69, 9.17) is 11.6 Å². The second-order valence-electron chi connectivity index (χ2n) is 7.82. The molecule has 4 aromatic rings. The van der Waals surface area contributed by atoms with Gasteiger partial charge < -0.3 is 10.6 Å². The van der Waals surface area contributed by atoms with Crippen molar-refractivity contribution in [3.63, 3.8) is 0 Å². The largest absolute Gasteiger partial charge is 0.326 e. The molecule has 1 aliphatic heterocycles. The quantitative estimate of drug-likeness (QED) is 0.407. The van der Waals surface area contributed by atoms with Crippen LogP contribution >= 0.6 is 23.4 Å². The highest BCUT2D eigenvalue weighted by atomic mass is 35.5. The number of amides is 2. The number of benzene rings is 2. The van der Waals surface area contributed by atoms with Crippen LogP contribution in [0.15, 0.2) is 64.7 Å². The number of hydrogen-bond acceptors (Lipinski definition) is 6. The van der Waals surface area contributed by atoms with Gasteiger partial charge in [-0.05, 0) is 42.5 Å². The number of carbonyl (C=O) groups excluding carboxylic acids is 2. The summed E-state index contributed by atoms with van der Waals surface area (Å²) < 4.78 is 3.17. The Morgan fingerprint density at radius 3 is 2.59 bits per heavy atom. The second kappa shape index (κ2) is 8.96. The lowest BCUT2D eigenvalue weighted by Crippen LogP contribution is -2.27. The molecule has 3 heterocycles. The first-order valence-corrected chi connectivity index (χ1v) is 11.8. The average Bonchev–Trinajstić information content (AvgIpc) is 3.40. The Balaban J connectivity index is 1.37. The Kier molecular flexibility index (Phi) is 5.84. The third-order valence-electron chi connectivity index (χ3n) is 5.33. The van der Waals surface area contributed by atoms with Gasteiger partial charge in [0.25, 0.3) is 5.56 Å². The fourth-order valence-corrected chi connectivity index (χ4v) is 5.16. The average molecular weight is 495 g/mol. The lowest BCUT2D eigenvalue weighted by molar-refractivity contribution is -0.117. The highest BCUT2D eigenvalue weighted by molar-refractivity contribution is 7.99. The van der Waals surface area contributed by atoms with Crippen molar-refractivity contribution in [2.45, 2.75) is 24.5 Å². The molecule has 0 saturated heterocycles. The smallest absolute Gasteiger partial charge is 0.265 e. The summed E-state index contributed by atoms with van der Waals surface area (Å²) in [5, 5.41) is 11.4. The van der Waals surface area contributed by atoms with Crippen LogP contribution in [0.3, 0.4) is 0 Å². The molecule has 1 aliphatic rings. The van der Waals surface area contributed by atoms with Crippen LogP contribution in [-0.2, 0) is 9.59 Å². The molecule has 5 rings (SSSR count). The first-order valence-electron chi connectivity index (χ1n) is 10.5. The Bertz CT molecular complexity index is 1480. The molecule has 172 valence electrons. The van der Waals surface area contributed by atoms with Gasteiger partial charge in [-0.15, -0.1) is 0 Å². The minimum atomic E-state index is -0.322. The summed E-state index contributed by atoms with van der Waals surface area (Å²) in [6, 6.07) is 13.7. The van der Waals surface area contributed by atoms with E-state index in [0.717, 1.165) is 0 Å². The van der Waals surface area contributed by atoms with Gasteiger partial charge >= 0.3 is 0 Å². The molecule has 1 atom stereocenters. The Morgan fingerprint density at radius 2 is 1.88 bits per heavy atom. The maximum absolute atomic E-state index is 13.3. The third-order valence-corrected chi connectivity index (χ3v) is 6.67. The molecule has 34 heavy (non-hydrogen) atoms. The van der Waals surface area contributed by atoms with Crippen molar-refractivity contribution in [1.29, 1.82) is 0 Å². The van der Waals surface area contributed by atoms with E-state index in [0.29, 0.717) is 44.0 Å². The lowest BCUT2D eigenvalue weighted by atomic mass is 10.2. The van der Waals surface area contributed by atoms with Crippen molar-refractivity contribution in [3.8, 4) is 5.69 Å². The molecule has 9 nitrogen and oxygen atoms in total. The van der Waals surface area contributed by atoms with Gasteiger partial charge in [-0.2, -0.15) is 5.10 Å². The zero-order valence-corrected chi connectivity index (χ0v) is 19.6. The Labute approximate surface area is 203 Å². The standard InChI is InChI=1S/C23H19ClN6O3S/c1-13(31)26-15-5-7-16(8-6-15)27-20(32)10-18-12-34-23-28-21-19(22(33)29(18)23)11-25-30(21)17-4-2-3-14(24)9-17/h2-9,11,18H,10,12H2,1H3,(H,26,31)(H,27,32). The molecule has 2 amide bonds. The zero-order chi connectivity index (χ0) is 23.8. The Hall–Kier alpha value is -3.63. The molecule has 0 aliphatic carbocycles. The minimum Gasteiger partial charge on any atom is -0.326 e. The van der Waals surface area contributed by atoms with Crippen molar-refractivity contribution >= 4 is 57.6 Å². The van der Waals surface area contributed by atoms with Crippen LogP contribution < -0.4 is 16.2 Å². The number of fused-ring (bicyclic) bond motifs is 2. The highest BCUT2D eigenvalue weighted by Gasteiger charge is 2.29. The molecule has 11 heteroatoms. The molecular formula is C23H19ClN6O3S. The molecule has 2 aromatic carbocycles. The monoisotopic (exact) mass is 494 g/mol. The van der Waals surface area contributed by atoms with Crippen molar-refractivity contribution in [2.24, 2.45) is 0 Å². The van der Waals surface area contributed by atoms with Crippen LogP contribution in [0.5, 0.6) is 0 Å². The number of aromatic nitrogens is 4. The van der Waals surface area contributed by atoms with E-state index >= 15 is 0 Å². The summed E-state index contributed by atoms with van der Waals surface area (Å²) in [7, 11) is 0. The van der Waals surface area contributed by atoms with Gasteiger partial charge in [-0.25, -0.2) is 9.67 Å². The summed E-state index contributed by atoms with van der Waals surface area (Å²) in [6.45, 7) is 1.43. The van der Waals surface area contributed by atoms with Gasteiger partial charge in [0.2, 0.25) is 11.8 Å². The maximum Gasteiger partial charge on any atom is 0.265 e. The summed E-state index contributed by atoms with van der Waals surface area (Å²) in [4.78, 5) is 41.8. The summed E-state index contributed by atoms with van der Waals surface area (Å²) in [6.07, 6.45) is 1.62. The first kappa shape index (κ1) is 22.2. The predicted molar refractivity (Wildman–Crippen MR) is 132 cm³/mol. The molecule has 2 N–H and O–H groups in total. The highest BCUT2D eigenvalue weighted by Crippen LogP contribution is 2.33. The van der Waals surface area contributed by atoms with Crippen molar-refractivity contribution in [3.05, 3.63) is 70.1 Å². The molecule has 2 aromatic heterocycles. The SMILES string of the molecule is CC(=O)Nc1ccc(NC(=O)CC2CSc3nc4c(cnn4-c4cccc(Cl)c4)c(=O)n32)cc1. The molecule has 0 bridgehead atoms. The van der Waals surface area contributed by atoms with Gasteiger partial charge in [0.05, 0.1) is 17.9 Å². The fraction of sp³-hybridized carbons (Fsp3) is 0.174. The van der Waals surface area contributed by atoms with Crippen molar-refractivity contribution in [1.82, 2.24) is 19.3 Å². The first-order chi connectivity index (χ1) is 16.4. The van der Waals surface area contributed by atoms with Gasteiger partial charge in [0.1, 0.15) is 5.39 Å². The van der Waals surface area contributed by atoms with E-state index in [-0.39, 0.29) is 29.8 Å². The summed E-state index contributed by atoms with van der Waals surface area (Å²) in [5.74, 6) is 0.182. The number of thioether (sulfide) groups is 1. The topological polar surface area (TPSA) is 111 Å². The van der Waals surface area contributed by atoms with E-state index < -0.39 is 0 Å². The molecule has 1 unspecified atom stereocenters. The van der Waals surface area contributed by atoms with Crippen molar-refractivity contribution in [2.75, 3.05) is 16.4 Å². The van der Waals surface area contributed by atoms with Crippen LogP contribution in [0.25, 0.3) is 16.7 Å². The molecule has 0 spiro atoms. The number of hydrogen-bond donors (Lipinski definition) is 2. The zero-order valence-electron chi connectivity index (χ0n) is 18.0. The number of halogens is 1. The predicted octanol–water partition coefficient (Wildman–Crippen LogP) is 3.87. The van der Waals surface area contributed by atoms with Crippen LogP contribution in [0, 0.1) is 0 Å². The van der Waals surface area contributed by atoms with Crippen LogP contribution in [0.4, 0.5) is 11.4 Å². The van der Waals surface area contributed by atoms with E-state index in [9.17, 15) is 14.4 Å². The number of nitrogens with zero attached hydrogens (tertiary/aromatic N) is 4. The number of nitrogens with one attached hydrogen (secondary N) is 2. The van der Waals surface area contributed by atoms with Gasteiger partial charge in [-0.1, -0.05) is 29.4 Å². The maximum atomic E-state index is 13.3. The third kappa shape index (κ3) is 4.29. The molecule has 0 radical (unpaired) electrons. The van der Waals surface area contributed by atoms with E-state index in [1.165, 1.54) is 24.9 Å². The van der Waals surface area contributed by atoms with Gasteiger partial charge in [-0.3, -0.25) is 19.0 Å². The summed E-state index contributed by atoms with van der Waals surface area (Å²) >= 11 is 7.54. The van der Waals surface area contributed by atoms with E-state index in [1.807, 2.05) is 12.1 Å². The number of anilines is 2. The minimum absolute atomic E-state index is 0.128. The lowest BCUT2D eigenvalue weighted by Gasteiger charge is -2.14. The number of rotatable bonds is 5. The van der Waals surface area contributed by atoms with Crippen LogP contribution in [-0.4, -0.2) is 36.9 Å². The number of carbonyl (C=O) groups is 2.